The Morgan fingerprint density at radius 1 is 1.22 bits per heavy atom. The molecule has 0 saturated carbocycles. The van der Waals surface area contributed by atoms with E-state index in [4.69, 9.17) is 0 Å². The average Bonchev–Trinajstić information content (AvgIpc) is 3.25. The van der Waals surface area contributed by atoms with Gasteiger partial charge >= 0.3 is 62.2 Å². The molecule has 0 aromatic carbocycles. The van der Waals surface area contributed by atoms with Crippen LogP contribution in [0.4, 0.5) is 4.39 Å². The van der Waals surface area contributed by atoms with Crippen molar-refractivity contribution in [1.82, 2.24) is 19.9 Å². The van der Waals surface area contributed by atoms with Crippen molar-refractivity contribution < 1.29 is 66.6 Å². The number of nitrogens with one attached hydrogen (secondary N) is 1. The number of hydrogen-bond donors (Lipinski definition) is 1. The molecule has 0 fully saturated rings. The van der Waals surface area contributed by atoms with Crippen molar-refractivity contribution in [3.05, 3.63) is 80.6 Å². The molecular weight excluding hydrogens is 911 g/mol. The van der Waals surface area contributed by atoms with Crippen molar-refractivity contribution in [2.45, 2.75) is 79.6 Å². The molecule has 0 aliphatic carbocycles. The van der Waals surface area contributed by atoms with E-state index in [0.717, 1.165) is 42.7 Å². The molecule has 0 radical (unpaired) electrons. The van der Waals surface area contributed by atoms with E-state index in [1.807, 2.05) is 18.6 Å². The molecule has 1 N–H and O–H groups in total. The summed E-state index contributed by atoms with van der Waals surface area (Å²) in [5, 5.41) is 7.52. The number of hydrogen-bond acceptors (Lipinski definition) is 3. The summed E-state index contributed by atoms with van der Waals surface area (Å²) in [5.41, 5.74) is 2.55. The Hall–Kier alpha value is -0.166. The third-order valence-electron chi connectivity index (χ3n) is 5.30. The first-order valence-electron chi connectivity index (χ1n) is 12.9. The minimum absolute atomic E-state index is 0. The summed E-state index contributed by atoms with van der Waals surface area (Å²) in [4.78, 5) is 4.24. The van der Waals surface area contributed by atoms with Crippen LogP contribution >= 0.6 is 0 Å². The van der Waals surface area contributed by atoms with Crippen molar-refractivity contribution in [1.29, 1.82) is 0 Å². The minimum atomic E-state index is -0.372. The van der Waals surface area contributed by atoms with Crippen LogP contribution in [0.2, 0.25) is 0 Å². The van der Waals surface area contributed by atoms with Gasteiger partial charge in [0.2, 0.25) is 0 Å². The maximum absolute atomic E-state index is 13.5. The minimum Gasteiger partial charge on any atom is -0.387 e. The first kappa shape index (κ1) is 41.3. The van der Waals surface area contributed by atoms with Crippen LogP contribution in [0.5, 0.6) is 0 Å². The Bertz CT molecular complexity index is 876. The van der Waals surface area contributed by atoms with Crippen LogP contribution < -0.4 is 5.32 Å². The van der Waals surface area contributed by atoms with Crippen LogP contribution in [0.1, 0.15) is 83.9 Å². The Kier molecular flexibility index (Phi) is 30.6. The van der Waals surface area contributed by atoms with Crippen LogP contribution in [-0.2, 0) is 0 Å². The average molecular weight is 959 g/mol. The van der Waals surface area contributed by atoms with E-state index < -0.39 is 0 Å². The van der Waals surface area contributed by atoms with Gasteiger partial charge in [0.1, 0.15) is 5.65 Å². The summed E-state index contributed by atoms with van der Waals surface area (Å²) in [5.74, 6) is 0.521. The van der Waals surface area contributed by atoms with Crippen molar-refractivity contribution in [3.63, 3.8) is 0 Å². The second-order valence-corrected chi connectivity index (χ2v) is 8.39. The molecule has 7 heteroatoms. The Morgan fingerprint density at radius 2 is 1.89 bits per heavy atom. The van der Waals surface area contributed by atoms with Gasteiger partial charge < -0.3 is 38.4 Å². The second-order valence-electron chi connectivity index (χ2n) is 8.39. The number of allylic oxidation sites excluding steroid dienone is 5. The molecule has 0 amide bonds. The van der Waals surface area contributed by atoms with Crippen LogP contribution in [0.25, 0.3) is 11.2 Å². The largest absolute Gasteiger partial charge is 2.00 e. The summed E-state index contributed by atoms with van der Waals surface area (Å²) in [6, 6.07) is 0. The molecule has 0 aliphatic rings. The number of aryl methyl sites for hydroxylation is 1. The standard InChI is InChI=1S/C16H17FN3.C9H21N.C5H9.2U/c1-4-6-7-8-9-13(5-2)14-10-18-20-11-15(17)12(3)19-16(14)20;1-4-7-10-8-6-9(3)5-2;1-3-5-4-2;;/h7-11H,2,4,6H2,1,3H3;9-10H,4-8H2,1-3H3;5H,1-4H2;;/q-1;;-3;2*+2/b8-7-,13-9+;;;;. The van der Waals surface area contributed by atoms with Crippen LogP contribution in [-0.4, -0.2) is 27.7 Å². The van der Waals surface area contributed by atoms with Gasteiger partial charge in [-0.05, 0) is 45.2 Å². The number of nitrogens with zero attached hydrogens (tertiary/aromatic N) is 3. The number of halogens is 1. The molecule has 2 rings (SSSR count). The molecule has 1 unspecified atom stereocenters. The number of rotatable bonds is 13. The molecule has 202 valence electrons. The Balaban J connectivity index is -0.000000576. The topological polar surface area (TPSA) is 42.2 Å². The van der Waals surface area contributed by atoms with Crippen molar-refractivity contribution in [3.8, 4) is 0 Å². The normalized spacial score (nSPS) is 11.5. The summed E-state index contributed by atoms with van der Waals surface area (Å²) in [6.07, 6.45) is 21.7. The number of unbranched alkanes of at least 4 members (excludes halogenated alkanes) is 3. The molecule has 4 nitrogen and oxygen atoms in total. The van der Waals surface area contributed by atoms with Gasteiger partial charge in [0.05, 0.1) is 11.9 Å². The fraction of sp³-hybridized carbons (Fsp3) is 0.500. The smallest absolute Gasteiger partial charge is 0.387 e. The third-order valence-corrected chi connectivity index (χ3v) is 5.30. The monoisotopic (exact) mass is 958 g/mol. The molecular formula is C30H47FN4U2. The van der Waals surface area contributed by atoms with Crippen molar-refractivity contribution in [2.24, 2.45) is 5.92 Å². The van der Waals surface area contributed by atoms with E-state index in [0.29, 0.717) is 11.3 Å². The third kappa shape index (κ3) is 18.7. The Labute approximate surface area is 274 Å². The van der Waals surface area contributed by atoms with E-state index in [9.17, 15) is 4.39 Å². The zero-order valence-corrected chi connectivity index (χ0v) is 32.1. The van der Waals surface area contributed by atoms with Gasteiger partial charge in [0, 0.05) is 6.20 Å². The van der Waals surface area contributed by atoms with Gasteiger partial charge in [0.15, 0.2) is 5.82 Å². The van der Waals surface area contributed by atoms with Crippen molar-refractivity contribution >= 4 is 11.2 Å². The second kappa shape index (κ2) is 27.4. The maximum Gasteiger partial charge on any atom is 2.00 e. The number of aromatic nitrogens is 3. The van der Waals surface area contributed by atoms with Gasteiger partial charge in [-0.2, -0.15) is 29.4 Å². The zero-order valence-electron chi connectivity index (χ0n) is 23.7. The van der Waals surface area contributed by atoms with Gasteiger partial charge in [-0.25, -0.2) is 13.9 Å². The Morgan fingerprint density at radius 3 is 2.41 bits per heavy atom. The fourth-order valence-electron chi connectivity index (χ4n) is 2.83. The summed E-state index contributed by atoms with van der Waals surface area (Å²) < 4.78 is 14.9. The molecule has 2 heterocycles. The predicted molar refractivity (Wildman–Crippen MR) is 150 cm³/mol. The van der Waals surface area contributed by atoms with Gasteiger partial charge in [-0.15, -0.1) is 6.08 Å². The summed E-state index contributed by atoms with van der Waals surface area (Å²) >= 11 is 0. The van der Waals surface area contributed by atoms with Gasteiger partial charge in [-0.3, -0.25) is 0 Å². The fourth-order valence-corrected chi connectivity index (χ4v) is 2.83. The van der Waals surface area contributed by atoms with E-state index in [1.165, 1.54) is 43.1 Å². The van der Waals surface area contributed by atoms with E-state index in [2.05, 4.69) is 75.7 Å². The van der Waals surface area contributed by atoms with Crippen LogP contribution in [0.3, 0.4) is 0 Å². The first-order chi connectivity index (χ1) is 16.9. The SMILES string of the molecule is C=[C-]/C(=C\C=C/CCC)c1cnn2cc(F)c(C)nc12.CCCNCCC(C)CC.[CH2-]C[CH-]C[CH2-].[U+2].[U+2]. The first-order valence-corrected chi connectivity index (χ1v) is 12.9. The molecule has 1 atom stereocenters. The predicted octanol–water partition coefficient (Wildman–Crippen LogP) is 7.97. The molecule has 0 bridgehead atoms. The molecule has 2 aromatic heterocycles. The van der Waals surface area contributed by atoms with Gasteiger partial charge in [-0.1, -0.05) is 52.2 Å². The quantitative estimate of drug-likeness (QED) is 0.126. The van der Waals surface area contributed by atoms with E-state index >= 15 is 0 Å². The van der Waals surface area contributed by atoms with Gasteiger partial charge in [0.25, 0.3) is 0 Å². The molecule has 2 aromatic rings. The zero-order chi connectivity index (χ0) is 26.5. The van der Waals surface area contributed by atoms with E-state index in [-0.39, 0.29) is 68.0 Å². The molecule has 0 aliphatic heterocycles. The summed E-state index contributed by atoms with van der Waals surface area (Å²) in [7, 11) is 0. The molecule has 0 saturated heterocycles. The molecule has 0 spiro atoms. The van der Waals surface area contributed by atoms with Crippen LogP contribution in [0, 0.1) is 107 Å². The van der Waals surface area contributed by atoms with Crippen molar-refractivity contribution in [2.75, 3.05) is 13.1 Å². The van der Waals surface area contributed by atoms with E-state index in [1.54, 1.807) is 13.1 Å². The number of fused-ring (bicyclic) bond motifs is 1. The van der Waals surface area contributed by atoms with Crippen LogP contribution in [0.15, 0.2) is 37.2 Å². The maximum atomic E-state index is 13.5. The summed E-state index contributed by atoms with van der Waals surface area (Å²) in [6.45, 7) is 23.8. The molecule has 37 heavy (non-hydrogen) atoms.